The van der Waals surface area contributed by atoms with Crippen LogP contribution in [0.25, 0.3) is 11.0 Å². The van der Waals surface area contributed by atoms with Crippen LogP contribution in [-0.4, -0.2) is 34.6 Å². The zero-order valence-corrected chi connectivity index (χ0v) is 14.7. The number of hydrogen-bond donors (Lipinski definition) is 2. The average molecular weight is 391 g/mol. The number of benzene rings is 1. The molecule has 124 valence electrons. The molecule has 0 bridgehead atoms. The molecule has 0 aliphatic rings. The summed E-state index contributed by atoms with van der Waals surface area (Å²) in [5.41, 5.74) is 1.58. The number of aromatic amines is 1. The predicted octanol–water partition coefficient (Wildman–Crippen LogP) is 3.65. The van der Waals surface area contributed by atoms with Crippen molar-refractivity contribution >= 4 is 44.4 Å². The van der Waals surface area contributed by atoms with Gasteiger partial charge in [-0.25, -0.2) is 14.8 Å². The summed E-state index contributed by atoms with van der Waals surface area (Å²) in [5, 5.41) is 3.87. The van der Waals surface area contributed by atoms with Gasteiger partial charge in [-0.2, -0.15) is 0 Å². The molecule has 3 rings (SSSR count). The smallest absolute Gasteiger partial charge is 0.355 e. The monoisotopic (exact) mass is 390 g/mol. The first-order valence-corrected chi connectivity index (χ1v) is 8.04. The fourth-order valence-electron chi connectivity index (χ4n) is 2.30. The van der Waals surface area contributed by atoms with Crippen molar-refractivity contribution in [2.24, 2.45) is 0 Å². The molecule has 8 heteroatoms. The number of aromatic nitrogens is 3. The van der Waals surface area contributed by atoms with Gasteiger partial charge in [-0.1, -0.05) is 12.1 Å². The number of fused-ring (bicyclic) bond motifs is 1. The lowest BCUT2D eigenvalue weighted by molar-refractivity contribution is 0.0519. The quantitative estimate of drug-likeness (QED) is 0.646. The van der Waals surface area contributed by atoms with Crippen molar-refractivity contribution in [3.05, 3.63) is 40.8 Å². The predicted molar refractivity (Wildman–Crippen MR) is 93.8 cm³/mol. The Bertz CT molecular complexity index is 894. The van der Waals surface area contributed by atoms with Crippen LogP contribution in [0, 0.1) is 0 Å². The van der Waals surface area contributed by atoms with E-state index in [0.29, 0.717) is 39.4 Å². The summed E-state index contributed by atoms with van der Waals surface area (Å²) < 4.78 is 10.9. The Morgan fingerprint density at radius 2 is 2.12 bits per heavy atom. The molecule has 0 aliphatic heterocycles. The Kier molecular flexibility index (Phi) is 4.66. The third-order valence-corrected chi connectivity index (χ3v) is 4.16. The molecule has 1 aromatic carbocycles. The Morgan fingerprint density at radius 1 is 1.33 bits per heavy atom. The second kappa shape index (κ2) is 6.88. The SMILES string of the molecule is CCOC(=O)c1[nH]c2ncnc(Nc3ccccc3OC)c2c1Br. The summed E-state index contributed by atoms with van der Waals surface area (Å²) in [4.78, 5) is 23.4. The molecule has 7 nitrogen and oxygen atoms in total. The number of carbonyl (C=O) groups excluding carboxylic acids is 1. The summed E-state index contributed by atoms with van der Waals surface area (Å²) in [6.45, 7) is 2.04. The first-order valence-electron chi connectivity index (χ1n) is 7.25. The van der Waals surface area contributed by atoms with Crippen LogP contribution in [0.15, 0.2) is 35.1 Å². The molecule has 24 heavy (non-hydrogen) atoms. The third kappa shape index (κ3) is 2.92. The highest BCUT2D eigenvalue weighted by molar-refractivity contribution is 9.10. The summed E-state index contributed by atoms with van der Waals surface area (Å²) >= 11 is 3.44. The minimum Gasteiger partial charge on any atom is -0.495 e. The summed E-state index contributed by atoms with van der Waals surface area (Å²) in [7, 11) is 1.60. The number of H-pyrrole nitrogens is 1. The molecule has 0 fully saturated rings. The van der Waals surface area contributed by atoms with E-state index in [4.69, 9.17) is 9.47 Å². The topological polar surface area (TPSA) is 89.1 Å². The van der Waals surface area contributed by atoms with Crippen LogP contribution < -0.4 is 10.1 Å². The maximum absolute atomic E-state index is 12.0. The van der Waals surface area contributed by atoms with Gasteiger partial charge in [-0.3, -0.25) is 0 Å². The second-order valence-corrected chi connectivity index (χ2v) is 5.60. The van der Waals surface area contributed by atoms with Crippen molar-refractivity contribution in [1.29, 1.82) is 0 Å². The van der Waals surface area contributed by atoms with Crippen LogP contribution in [0.5, 0.6) is 5.75 Å². The summed E-state index contributed by atoms with van der Waals surface area (Å²) in [6, 6.07) is 7.49. The van der Waals surface area contributed by atoms with E-state index in [1.807, 2.05) is 24.3 Å². The second-order valence-electron chi connectivity index (χ2n) is 4.81. The minimum atomic E-state index is -0.453. The molecule has 0 unspecified atom stereocenters. The number of rotatable bonds is 5. The van der Waals surface area contributed by atoms with Crippen molar-refractivity contribution in [1.82, 2.24) is 15.0 Å². The highest BCUT2D eigenvalue weighted by Gasteiger charge is 2.21. The van der Waals surface area contributed by atoms with Crippen molar-refractivity contribution in [2.75, 3.05) is 19.0 Å². The molecule has 0 saturated heterocycles. The molecular weight excluding hydrogens is 376 g/mol. The minimum absolute atomic E-state index is 0.290. The molecule has 2 aromatic heterocycles. The summed E-state index contributed by atoms with van der Waals surface area (Å²) in [5.74, 6) is 0.773. The molecule has 0 amide bonds. The molecule has 3 aromatic rings. The maximum atomic E-state index is 12.0. The average Bonchev–Trinajstić information content (AvgIpc) is 2.94. The van der Waals surface area contributed by atoms with Gasteiger partial charge in [0.15, 0.2) is 0 Å². The first kappa shape index (κ1) is 16.3. The van der Waals surface area contributed by atoms with E-state index < -0.39 is 5.97 Å². The highest BCUT2D eigenvalue weighted by Crippen LogP contribution is 2.35. The third-order valence-electron chi connectivity index (χ3n) is 3.37. The number of para-hydroxylation sites is 2. The van der Waals surface area contributed by atoms with E-state index in [9.17, 15) is 4.79 Å². The molecule has 0 atom stereocenters. The molecule has 0 aliphatic carbocycles. The van der Waals surface area contributed by atoms with E-state index in [1.54, 1.807) is 14.0 Å². The fraction of sp³-hybridized carbons (Fsp3) is 0.188. The Labute approximate surface area is 146 Å². The first-order chi connectivity index (χ1) is 11.7. The number of nitrogens with zero attached hydrogens (tertiary/aromatic N) is 2. The van der Waals surface area contributed by atoms with Gasteiger partial charge in [0, 0.05) is 0 Å². The van der Waals surface area contributed by atoms with Gasteiger partial charge in [0.25, 0.3) is 0 Å². The van der Waals surface area contributed by atoms with E-state index in [2.05, 4.69) is 36.2 Å². The van der Waals surface area contributed by atoms with Gasteiger partial charge >= 0.3 is 5.97 Å². The lowest BCUT2D eigenvalue weighted by atomic mass is 10.2. The number of nitrogens with one attached hydrogen (secondary N) is 2. The summed E-state index contributed by atoms with van der Waals surface area (Å²) in [6.07, 6.45) is 1.41. The lowest BCUT2D eigenvalue weighted by Crippen LogP contribution is -2.05. The Morgan fingerprint density at radius 3 is 2.88 bits per heavy atom. The van der Waals surface area contributed by atoms with E-state index in [1.165, 1.54) is 6.33 Å². The van der Waals surface area contributed by atoms with Gasteiger partial charge in [-0.05, 0) is 35.0 Å². The zero-order valence-electron chi connectivity index (χ0n) is 13.1. The van der Waals surface area contributed by atoms with Crippen LogP contribution in [0.2, 0.25) is 0 Å². The van der Waals surface area contributed by atoms with E-state index in [0.717, 1.165) is 5.69 Å². The molecule has 2 heterocycles. The number of ether oxygens (including phenoxy) is 2. The lowest BCUT2D eigenvalue weighted by Gasteiger charge is -2.10. The van der Waals surface area contributed by atoms with Crippen LogP contribution >= 0.6 is 15.9 Å². The number of methoxy groups -OCH3 is 1. The van der Waals surface area contributed by atoms with Gasteiger partial charge in [-0.15, -0.1) is 0 Å². The maximum Gasteiger partial charge on any atom is 0.355 e. The zero-order chi connectivity index (χ0) is 17.1. The molecule has 0 spiro atoms. The largest absolute Gasteiger partial charge is 0.495 e. The number of anilines is 2. The van der Waals surface area contributed by atoms with Crippen LogP contribution in [0.4, 0.5) is 11.5 Å². The van der Waals surface area contributed by atoms with Crippen molar-refractivity contribution in [3.8, 4) is 5.75 Å². The van der Waals surface area contributed by atoms with Crippen LogP contribution in [0.3, 0.4) is 0 Å². The standard InChI is InChI=1S/C16H15BrN4O3/c1-3-24-16(22)13-12(17)11-14(18-8-19-15(11)21-13)20-9-6-4-5-7-10(9)23-2/h4-8H,3H2,1-2H3,(H2,18,19,20,21). The fourth-order valence-corrected chi connectivity index (χ4v) is 2.94. The highest BCUT2D eigenvalue weighted by atomic mass is 79.9. The Hall–Kier alpha value is -2.61. The van der Waals surface area contributed by atoms with Gasteiger partial charge in [0.2, 0.25) is 0 Å². The van der Waals surface area contributed by atoms with E-state index in [-0.39, 0.29) is 0 Å². The van der Waals surface area contributed by atoms with Crippen molar-refractivity contribution < 1.29 is 14.3 Å². The normalized spacial score (nSPS) is 10.6. The number of halogens is 1. The number of esters is 1. The molecule has 2 N–H and O–H groups in total. The Balaban J connectivity index is 2.07. The van der Waals surface area contributed by atoms with Crippen molar-refractivity contribution in [3.63, 3.8) is 0 Å². The van der Waals surface area contributed by atoms with Gasteiger partial charge in [0.1, 0.15) is 29.2 Å². The molecular formula is C16H15BrN4O3. The van der Waals surface area contributed by atoms with Crippen LogP contribution in [0.1, 0.15) is 17.4 Å². The number of carbonyl (C=O) groups is 1. The van der Waals surface area contributed by atoms with Crippen LogP contribution in [-0.2, 0) is 4.74 Å². The molecule has 0 saturated carbocycles. The number of hydrogen-bond acceptors (Lipinski definition) is 6. The van der Waals surface area contributed by atoms with Crippen molar-refractivity contribution in [2.45, 2.75) is 6.92 Å². The van der Waals surface area contributed by atoms with Gasteiger partial charge < -0.3 is 19.8 Å². The molecule has 0 radical (unpaired) electrons. The van der Waals surface area contributed by atoms with E-state index >= 15 is 0 Å². The van der Waals surface area contributed by atoms with Gasteiger partial charge in [0.05, 0.1) is 29.3 Å².